The van der Waals surface area contributed by atoms with Crippen LogP contribution in [0.4, 0.5) is 0 Å². The zero-order valence-corrected chi connectivity index (χ0v) is 13.5. The van der Waals surface area contributed by atoms with Gasteiger partial charge in [-0.25, -0.2) is 8.42 Å². The first kappa shape index (κ1) is 13.1. The number of rotatable bonds is 2. The molecule has 0 saturated carbocycles. The van der Waals surface area contributed by atoms with E-state index in [2.05, 4.69) is 44.8 Å². The quantitative estimate of drug-likeness (QED) is 0.725. The van der Waals surface area contributed by atoms with Crippen molar-refractivity contribution in [3.05, 3.63) is 20.3 Å². The smallest absolute Gasteiger partial charge is 0.150 e. The second-order valence-electron chi connectivity index (χ2n) is 4.13. The Hall–Kier alpha value is 0.610. The van der Waals surface area contributed by atoms with Crippen LogP contribution in [0, 0.1) is 12.8 Å². The van der Waals surface area contributed by atoms with Gasteiger partial charge in [-0.15, -0.1) is 11.3 Å². The maximum atomic E-state index is 11.4. The molecular weight excluding hydrogens is 376 g/mol. The van der Waals surface area contributed by atoms with Crippen molar-refractivity contribution in [2.75, 3.05) is 11.5 Å². The largest absolute Gasteiger partial charge is 0.229 e. The topological polar surface area (TPSA) is 34.1 Å². The normalized spacial score (nSPS) is 25.8. The lowest BCUT2D eigenvalue weighted by atomic mass is 10.0. The summed E-state index contributed by atoms with van der Waals surface area (Å²) in [5.41, 5.74) is 0. The molecule has 1 aliphatic rings. The van der Waals surface area contributed by atoms with Crippen molar-refractivity contribution in [3.8, 4) is 0 Å². The first-order chi connectivity index (χ1) is 7.39. The van der Waals surface area contributed by atoms with E-state index < -0.39 is 9.84 Å². The van der Waals surface area contributed by atoms with Gasteiger partial charge in [0, 0.05) is 14.2 Å². The summed E-state index contributed by atoms with van der Waals surface area (Å²) in [5.74, 6) is 0.855. The van der Waals surface area contributed by atoms with E-state index in [4.69, 9.17) is 0 Å². The molecule has 0 aliphatic carbocycles. The maximum absolute atomic E-state index is 11.4. The molecule has 16 heavy (non-hydrogen) atoms. The van der Waals surface area contributed by atoms with E-state index >= 15 is 0 Å². The standard InChI is InChI=1S/C10H12Br2O2S2/c1-6-4-8(11)10(15-6)9(12)7-2-3-16(13,14)5-7/h4,7,9H,2-3,5H2,1H3. The molecule has 90 valence electrons. The van der Waals surface area contributed by atoms with E-state index in [-0.39, 0.29) is 10.7 Å². The van der Waals surface area contributed by atoms with Crippen LogP contribution in [0.15, 0.2) is 10.5 Å². The van der Waals surface area contributed by atoms with Gasteiger partial charge in [-0.1, -0.05) is 15.9 Å². The number of hydrogen-bond donors (Lipinski definition) is 0. The summed E-state index contributed by atoms with van der Waals surface area (Å²) in [5, 5.41) is 0. The molecule has 1 aromatic heterocycles. The van der Waals surface area contributed by atoms with Gasteiger partial charge in [0.15, 0.2) is 9.84 Å². The molecule has 2 heterocycles. The van der Waals surface area contributed by atoms with E-state index in [9.17, 15) is 8.42 Å². The van der Waals surface area contributed by atoms with Crippen molar-refractivity contribution >= 4 is 53.0 Å². The summed E-state index contributed by atoms with van der Waals surface area (Å²) >= 11 is 8.89. The van der Waals surface area contributed by atoms with Crippen molar-refractivity contribution in [3.63, 3.8) is 0 Å². The lowest BCUT2D eigenvalue weighted by molar-refractivity contribution is 0.582. The molecule has 6 heteroatoms. The Labute approximate surface area is 117 Å². The summed E-state index contributed by atoms with van der Waals surface area (Å²) in [6, 6.07) is 2.08. The minimum atomic E-state index is -2.80. The average molecular weight is 388 g/mol. The third-order valence-corrected chi connectivity index (χ3v) is 8.12. The Kier molecular flexibility index (Phi) is 3.84. The van der Waals surface area contributed by atoms with Crippen molar-refractivity contribution in [1.82, 2.24) is 0 Å². The number of aryl methyl sites for hydroxylation is 1. The van der Waals surface area contributed by atoms with Gasteiger partial charge in [-0.3, -0.25) is 0 Å². The Balaban J connectivity index is 2.20. The Bertz CT molecular complexity index is 493. The van der Waals surface area contributed by atoms with Crippen molar-refractivity contribution in [2.24, 2.45) is 5.92 Å². The van der Waals surface area contributed by atoms with E-state index in [1.54, 1.807) is 11.3 Å². The molecular formula is C10H12Br2O2S2. The molecule has 2 unspecified atom stereocenters. The Morgan fingerprint density at radius 2 is 2.25 bits per heavy atom. The second-order valence-corrected chi connectivity index (χ2v) is 9.49. The molecule has 1 aliphatic heterocycles. The minimum Gasteiger partial charge on any atom is -0.229 e. The molecule has 1 aromatic rings. The van der Waals surface area contributed by atoms with E-state index in [1.807, 2.05) is 0 Å². The van der Waals surface area contributed by atoms with E-state index in [0.29, 0.717) is 11.5 Å². The van der Waals surface area contributed by atoms with Crippen LogP contribution in [-0.4, -0.2) is 19.9 Å². The number of sulfone groups is 1. The highest BCUT2D eigenvalue weighted by atomic mass is 79.9. The van der Waals surface area contributed by atoms with Crippen LogP contribution in [0.25, 0.3) is 0 Å². The van der Waals surface area contributed by atoms with Crippen LogP contribution in [-0.2, 0) is 9.84 Å². The molecule has 0 N–H and O–H groups in total. The summed E-state index contributed by atoms with van der Waals surface area (Å²) in [6.45, 7) is 2.06. The number of halogens is 2. The summed E-state index contributed by atoms with van der Waals surface area (Å²) in [6.07, 6.45) is 0.766. The second kappa shape index (κ2) is 4.71. The van der Waals surface area contributed by atoms with Gasteiger partial charge in [0.1, 0.15) is 0 Å². The molecule has 0 radical (unpaired) electrons. The number of alkyl halides is 1. The first-order valence-corrected chi connectivity index (χ1v) is 9.34. The van der Waals surface area contributed by atoms with Crippen LogP contribution in [0.1, 0.15) is 21.0 Å². The number of thiophene rings is 1. The van der Waals surface area contributed by atoms with Crippen LogP contribution < -0.4 is 0 Å². The van der Waals surface area contributed by atoms with Gasteiger partial charge in [-0.2, -0.15) is 0 Å². The van der Waals surface area contributed by atoms with Crippen LogP contribution in [0.3, 0.4) is 0 Å². The van der Waals surface area contributed by atoms with Gasteiger partial charge in [0.25, 0.3) is 0 Å². The predicted molar refractivity (Wildman–Crippen MR) is 75.2 cm³/mol. The molecule has 0 bridgehead atoms. The lowest BCUT2D eigenvalue weighted by Gasteiger charge is -2.14. The monoisotopic (exact) mass is 386 g/mol. The minimum absolute atomic E-state index is 0.151. The zero-order chi connectivity index (χ0) is 11.9. The summed E-state index contributed by atoms with van der Waals surface area (Å²) < 4.78 is 24.0. The van der Waals surface area contributed by atoms with Crippen molar-refractivity contribution < 1.29 is 8.42 Å². The third kappa shape index (κ3) is 2.71. The first-order valence-electron chi connectivity index (χ1n) is 4.99. The highest BCUT2D eigenvalue weighted by Gasteiger charge is 2.34. The van der Waals surface area contributed by atoms with Gasteiger partial charge in [0.05, 0.1) is 16.3 Å². The molecule has 0 spiro atoms. The van der Waals surface area contributed by atoms with Gasteiger partial charge >= 0.3 is 0 Å². The van der Waals surface area contributed by atoms with E-state index in [0.717, 1.165) is 10.9 Å². The third-order valence-electron chi connectivity index (χ3n) is 2.77. The predicted octanol–water partition coefficient (Wildman–Crippen LogP) is 3.69. The average Bonchev–Trinajstić information content (AvgIpc) is 2.68. The summed E-state index contributed by atoms with van der Waals surface area (Å²) in [4.78, 5) is 2.60. The SMILES string of the molecule is Cc1cc(Br)c(C(Br)C2CCS(=O)(=O)C2)s1. The zero-order valence-electron chi connectivity index (χ0n) is 8.74. The highest BCUT2D eigenvalue weighted by Crippen LogP contribution is 2.44. The summed E-state index contributed by atoms with van der Waals surface area (Å²) in [7, 11) is -2.80. The molecule has 1 fully saturated rings. The lowest BCUT2D eigenvalue weighted by Crippen LogP contribution is -2.09. The fraction of sp³-hybridized carbons (Fsp3) is 0.600. The maximum Gasteiger partial charge on any atom is 0.150 e. The molecule has 2 atom stereocenters. The molecule has 0 aromatic carbocycles. The van der Waals surface area contributed by atoms with Crippen LogP contribution in [0.2, 0.25) is 0 Å². The Morgan fingerprint density at radius 1 is 1.56 bits per heavy atom. The molecule has 2 rings (SSSR count). The molecule has 2 nitrogen and oxygen atoms in total. The van der Waals surface area contributed by atoms with Crippen LogP contribution in [0.5, 0.6) is 0 Å². The molecule has 1 saturated heterocycles. The fourth-order valence-corrected chi connectivity index (χ4v) is 7.30. The van der Waals surface area contributed by atoms with Gasteiger partial charge < -0.3 is 0 Å². The van der Waals surface area contributed by atoms with Crippen LogP contribution >= 0.6 is 43.2 Å². The van der Waals surface area contributed by atoms with Gasteiger partial charge in [-0.05, 0) is 41.3 Å². The van der Waals surface area contributed by atoms with E-state index in [1.165, 1.54) is 9.75 Å². The van der Waals surface area contributed by atoms with Gasteiger partial charge in [0.2, 0.25) is 0 Å². The highest BCUT2D eigenvalue weighted by molar-refractivity contribution is 9.11. The molecule has 0 amide bonds. The Morgan fingerprint density at radius 3 is 2.69 bits per heavy atom. The van der Waals surface area contributed by atoms with Crippen molar-refractivity contribution in [2.45, 2.75) is 18.2 Å². The fourth-order valence-electron chi connectivity index (χ4n) is 1.96. The number of hydrogen-bond acceptors (Lipinski definition) is 3. The van der Waals surface area contributed by atoms with Crippen molar-refractivity contribution in [1.29, 1.82) is 0 Å².